The summed E-state index contributed by atoms with van der Waals surface area (Å²) in [5.41, 5.74) is 4.18. The first-order valence-corrected chi connectivity index (χ1v) is 8.55. The fraction of sp³-hybridized carbons (Fsp3) is 0.368. The smallest absolute Gasteiger partial charge is 0.0207 e. The van der Waals surface area contributed by atoms with Gasteiger partial charge in [0, 0.05) is 23.0 Å². The van der Waals surface area contributed by atoms with Gasteiger partial charge in [0.05, 0.1) is 0 Å². The van der Waals surface area contributed by atoms with E-state index >= 15 is 0 Å². The minimum Gasteiger partial charge on any atom is -0.313 e. The number of benzene rings is 2. The minimum atomic E-state index is 0.532. The summed E-state index contributed by atoms with van der Waals surface area (Å²) in [5.74, 6) is 0.532. The number of halogens is 1. The summed E-state index contributed by atoms with van der Waals surface area (Å²) in [4.78, 5) is 0. The summed E-state index contributed by atoms with van der Waals surface area (Å²) >= 11 is 3.68. The molecule has 0 spiro atoms. The van der Waals surface area contributed by atoms with Gasteiger partial charge in [-0.3, -0.25) is 0 Å². The molecule has 1 atom stereocenters. The lowest BCUT2D eigenvalue weighted by Crippen LogP contribution is -2.25. The highest BCUT2D eigenvalue weighted by Crippen LogP contribution is 2.27. The van der Waals surface area contributed by atoms with Crippen LogP contribution in [0.1, 0.15) is 35.4 Å². The fourth-order valence-electron chi connectivity index (χ4n) is 2.76. The van der Waals surface area contributed by atoms with Crippen LogP contribution in [-0.4, -0.2) is 12.6 Å². The van der Waals surface area contributed by atoms with E-state index in [0.717, 1.165) is 19.0 Å². The van der Waals surface area contributed by atoms with Gasteiger partial charge in [-0.1, -0.05) is 64.0 Å². The molecule has 1 nitrogen and oxygen atoms in total. The zero-order valence-corrected chi connectivity index (χ0v) is 14.1. The summed E-state index contributed by atoms with van der Waals surface area (Å²) in [5, 5.41) is 3.70. The molecule has 1 N–H and O–H groups in total. The second-order valence-corrected chi connectivity index (χ2v) is 6.94. The largest absolute Gasteiger partial charge is 0.313 e. The maximum absolute atomic E-state index is 3.70. The average Bonchev–Trinajstić information content (AvgIpc) is 3.29. The molecule has 2 heteroatoms. The molecule has 1 unspecified atom stereocenters. The van der Waals surface area contributed by atoms with E-state index in [1.54, 1.807) is 0 Å². The monoisotopic (exact) mass is 343 g/mol. The lowest BCUT2D eigenvalue weighted by atomic mass is 9.91. The van der Waals surface area contributed by atoms with Crippen molar-refractivity contribution in [3.63, 3.8) is 0 Å². The maximum Gasteiger partial charge on any atom is 0.0207 e. The lowest BCUT2D eigenvalue weighted by Gasteiger charge is -2.19. The normalized spacial score (nSPS) is 15.9. The molecule has 0 aromatic heterocycles. The first kappa shape index (κ1) is 14.8. The Labute approximate surface area is 135 Å². The third-order valence-corrected chi connectivity index (χ3v) is 4.94. The zero-order chi connectivity index (χ0) is 14.7. The van der Waals surface area contributed by atoms with Crippen molar-refractivity contribution in [2.45, 2.75) is 38.1 Å². The predicted octanol–water partition coefficient (Wildman–Crippen LogP) is 4.84. The summed E-state index contributed by atoms with van der Waals surface area (Å²) in [6, 6.07) is 18.3. The minimum absolute atomic E-state index is 0.532. The van der Waals surface area contributed by atoms with Crippen molar-refractivity contribution < 1.29 is 0 Å². The standard InChI is InChI=1S/C19H22BrN/c1-14-5-4-7-15(11-14)17(13-21-18-9-10-18)12-16-6-2-3-8-19(16)20/h2-8,11,17-18,21H,9-10,12-13H2,1H3. The third kappa shape index (κ3) is 4.18. The van der Waals surface area contributed by atoms with E-state index in [0.29, 0.717) is 5.92 Å². The average molecular weight is 344 g/mol. The van der Waals surface area contributed by atoms with Crippen molar-refractivity contribution in [1.29, 1.82) is 0 Å². The first-order chi connectivity index (χ1) is 10.2. The molecular formula is C19H22BrN. The molecule has 3 rings (SSSR count). The summed E-state index contributed by atoms with van der Waals surface area (Å²) in [7, 11) is 0. The Bertz CT molecular complexity index is 604. The molecule has 1 aliphatic carbocycles. The second-order valence-electron chi connectivity index (χ2n) is 6.09. The van der Waals surface area contributed by atoms with Gasteiger partial charge >= 0.3 is 0 Å². The van der Waals surface area contributed by atoms with E-state index in [-0.39, 0.29) is 0 Å². The predicted molar refractivity (Wildman–Crippen MR) is 92.8 cm³/mol. The van der Waals surface area contributed by atoms with Gasteiger partial charge in [-0.05, 0) is 43.4 Å². The van der Waals surface area contributed by atoms with Crippen LogP contribution in [0.3, 0.4) is 0 Å². The number of aryl methyl sites for hydroxylation is 1. The molecule has 1 fully saturated rings. The molecule has 0 saturated heterocycles. The Morgan fingerprint density at radius 1 is 1.14 bits per heavy atom. The maximum atomic E-state index is 3.70. The summed E-state index contributed by atoms with van der Waals surface area (Å²) in [6.07, 6.45) is 3.76. The van der Waals surface area contributed by atoms with Crippen LogP contribution < -0.4 is 5.32 Å². The Morgan fingerprint density at radius 3 is 2.67 bits per heavy atom. The highest BCUT2D eigenvalue weighted by molar-refractivity contribution is 9.10. The molecular weight excluding hydrogens is 322 g/mol. The van der Waals surface area contributed by atoms with Crippen LogP contribution in [0, 0.1) is 6.92 Å². The van der Waals surface area contributed by atoms with Crippen molar-refractivity contribution in [2.24, 2.45) is 0 Å². The Kier molecular flexibility index (Phi) is 4.77. The second kappa shape index (κ2) is 6.76. The molecule has 1 saturated carbocycles. The molecule has 2 aromatic carbocycles. The third-order valence-electron chi connectivity index (χ3n) is 4.17. The molecule has 0 aliphatic heterocycles. The fourth-order valence-corrected chi connectivity index (χ4v) is 3.20. The molecule has 0 amide bonds. The number of nitrogens with one attached hydrogen (secondary N) is 1. The van der Waals surface area contributed by atoms with E-state index in [2.05, 4.69) is 76.7 Å². The summed E-state index contributed by atoms with van der Waals surface area (Å²) < 4.78 is 1.22. The van der Waals surface area contributed by atoms with Crippen LogP contribution in [0.25, 0.3) is 0 Å². The van der Waals surface area contributed by atoms with Crippen molar-refractivity contribution in [3.8, 4) is 0 Å². The topological polar surface area (TPSA) is 12.0 Å². The molecule has 2 aromatic rings. The van der Waals surface area contributed by atoms with Crippen LogP contribution in [0.2, 0.25) is 0 Å². The van der Waals surface area contributed by atoms with E-state index in [1.807, 2.05) is 0 Å². The first-order valence-electron chi connectivity index (χ1n) is 7.76. The quantitative estimate of drug-likeness (QED) is 0.791. The van der Waals surface area contributed by atoms with Gasteiger partial charge in [0.2, 0.25) is 0 Å². The van der Waals surface area contributed by atoms with Crippen LogP contribution in [0.15, 0.2) is 53.0 Å². The van der Waals surface area contributed by atoms with Crippen LogP contribution in [0.4, 0.5) is 0 Å². The molecule has 110 valence electrons. The van der Waals surface area contributed by atoms with E-state index in [1.165, 1.54) is 34.0 Å². The highest BCUT2D eigenvalue weighted by Gasteiger charge is 2.23. The van der Waals surface area contributed by atoms with Gasteiger partial charge in [0.1, 0.15) is 0 Å². The van der Waals surface area contributed by atoms with E-state index in [9.17, 15) is 0 Å². The Hall–Kier alpha value is -1.12. The van der Waals surface area contributed by atoms with Gasteiger partial charge in [0.15, 0.2) is 0 Å². The lowest BCUT2D eigenvalue weighted by molar-refractivity contribution is 0.576. The zero-order valence-electron chi connectivity index (χ0n) is 12.5. The van der Waals surface area contributed by atoms with Crippen LogP contribution in [0.5, 0.6) is 0 Å². The number of rotatable bonds is 6. The van der Waals surface area contributed by atoms with Gasteiger partial charge < -0.3 is 5.32 Å². The molecule has 0 bridgehead atoms. The van der Waals surface area contributed by atoms with E-state index < -0.39 is 0 Å². The van der Waals surface area contributed by atoms with Gasteiger partial charge in [0.25, 0.3) is 0 Å². The summed E-state index contributed by atoms with van der Waals surface area (Å²) in [6.45, 7) is 3.24. The molecule has 21 heavy (non-hydrogen) atoms. The van der Waals surface area contributed by atoms with Gasteiger partial charge in [-0.15, -0.1) is 0 Å². The van der Waals surface area contributed by atoms with Gasteiger partial charge in [-0.2, -0.15) is 0 Å². The molecule has 1 aliphatic rings. The molecule has 0 heterocycles. The number of hydrogen-bond acceptors (Lipinski definition) is 1. The Morgan fingerprint density at radius 2 is 1.95 bits per heavy atom. The Balaban J connectivity index is 1.79. The SMILES string of the molecule is Cc1cccc(C(CNC2CC2)Cc2ccccc2Br)c1. The van der Waals surface area contributed by atoms with E-state index in [4.69, 9.17) is 0 Å². The van der Waals surface area contributed by atoms with Gasteiger partial charge in [-0.25, -0.2) is 0 Å². The number of hydrogen-bond donors (Lipinski definition) is 1. The van der Waals surface area contributed by atoms with Crippen molar-refractivity contribution >= 4 is 15.9 Å². The highest BCUT2D eigenvalue weighted by atomic mass is 79.9. The van der Waals surface area contributed by atoms with Crippen molar-refractivity contribution in [2.75, 3.05) is 6.54 Å². The molecule has 0 radical (unpaired) electrons. The van der Waals surface area contributed by atoms with Crippen LogP contribution in [-0.2, 0) is 6.42 Å². The van der Waals surface area contributed by atoms with Crippen molar-refractivity contribution in [1.82, 2.24) is 5.32 Å². The van der Waals surface area contributed by atoms with Crippen molar-refractivity contribution in [3.05, 3.63) is 69.7 Å². The van der Waals surface area contributed by atoms with Crippen LogP contribution >= 0.6 is 15.9 Å².